The summed E-state index contributed by atoms with van der Waals surface area (Å²) in [6.45, 7) is 2.33. The Hall–Kier alpha value is -1.57. The van der Waals surface area contributed by atoms with Crippen LogP contribution in [0.25, 0.3) is 0 Å². The lowest BCUT2D eigenvalue weighted by molar-refractivity contribution is -0.140. The lowest BCUT2D eigenvalue weighted by Gasteiger charge is -2.21. The van der Waals surface area contributed by atoms with Crippen molar-refractivity contribution in [3.8, 4) is 6.19 Å². The summed E-state index contributed by atoms with van der Waals surface area (Å²) in [6.07, 6.45) is 3.13. The van der Waals surface area contributed by atoms with Gasteiger partial charge in [-0.3, -0.25) is 0 Å². The second-order valence-corrected chi connectivity index (χ2v) is 2.95. The van der Waals surface area contributed by atoms with Gasteiger partial charge in [0.1, 0.15) is 11.9 Å². The number of amidine groups is 1. The topological polar surface area (TPSA) is 76.7 Å². The van der Waals surface area contributed by atoms with Crippen LogP contribution in [-0.4, -0.2) is 34.4 Å². The minimum absolute atomic E-state index is 0.493. The van der Waals surface area contributed by atoms with E-state index in [2.05, 4.69) is 4.99 Å². The van der Waals surface area contributed by atoms with Crippen LogP contribution in [-0.2, 0) is 4.79 Å². The summed E-state index contributed by atoms with van der Waals surface area (Å²) in [5.41, 5.74) is 0. The summed E-state index contributed by atoms with van der Waals surface area (Å²) in [7, 11) is 0. The van der Waals surface area contributed by atoms with Crippen LogP contribution < -0.4 is 0 Å². The maximum absolute atomic E-state index is 10.7. The SMILES string of the molecule is CC(=NC#N)N1CCCC1C(=O)O. The molecule has 5 nitrogen and oxygen atoms in total. The van der Waals surface area contributed by atoms with E-state index < -0.39 is 12.0 Å². The Balaban J connectivity index is 2.75. The fraction of sp³-hybridized carbons (Fsp3) is 0.625. The van der Waals surface area contributed by atoms with Gasteiger partial charge in [0.05, 0.1) is 0 Å². The molecule has 1 aliphatic rings. The molecule has 0 aliphatic carbocycles. The summed E-state index contributed by atoms with van der Waals surface area (Å²) in [5, 5.41) is 17.1. The predicted molar refractivity (Wildman–Crippen MR) is 46.1 cm³/mol. The molecule has 1 fully saturated rings. The Bertz CT molecular complexity index is 280. The summed E-state index contributed by atoms with van der Waals surface area (Å²) in [4.78, 5) is 15.9. The molecule has 0 amide bonds. The quantitative estimate of drug-likeness (QED) is 0.361. The standard InChI is InChI=1S/C8H11N3O2/c1-6(10-5-9)11-4-2-3-7(11)8(12)13/h7H,2-4H2,1H3,(H,12,13). The number of rotatable bonds is 1. The van der Waals surface area contributed by atoms with Crippen molar-refractivity contribution in [1.29, 1.82) is 5.26 Å². The van der Waals surface area contributed by atoms with Gasteiger partial charge in [0.15, 0.2) is 0 Å². The van der Waals surface area contributed by atoms with E-state index in [1.165, 1.54) is 0 Å². The molecular formula is C8H11N3O2. The molecule has 5 heteroatoms. The Morgan fingerprint density at radius 1 is 1.77 bits per heavy atom. The van der Waals surface area contributed by atoms with Crippen molar-refractivity contribution in [2.24, 2.45) is 4.99 Å². The second kappa shape index (κ2) is 3.90. The normalized spacial score (nSPS) is 22.9. The fourth-order valence-corrected chi connectivity index (χ4v) is 1.55. The summed E-state index contributed by atoms with van der Waals surface area (Å²) < 4.78 is 0. The lowest BCUT2D eigenvalue weighted by Crippen LogP contribution is -2.39. The molecule has 0 aromatic carbocycles. The Kier molecular flexibility index (Phi) is 2.85. The fourth-order valence-electron chi connectivity index (χ4n) is 1.55. The van der Waals surface area contributed by atoms with E-state index in [9.17, 15) is 4.79 Å². The van der Waals surface area contributed by atoms with Gasteiger partial charge in [-0.2, -0.15) is 10.3 Å². The van der Waals surface area contributed by atoms with Gasteiger partial charge in [0, 0.05) is 6.54 Å². The van der Waals surface area contributed by atoms with Crippen molar-refractivity contribution >= 4 is 11.8 Å². The van der Waals surface area contributed by atoms with Gasteiger partial charge in [-0.1, -0.05) is 0 Å². The van der Waals surface area contributed by atoms with E-state index >= 15 is 0 Å². The van der Waals surface area contributed by atoms with Crippen LogP contribution >= 0.6 is 0 Å². The van der Waals surface area contributed by atoms with Gasteiger partial charge in [-0.25, -0.2) is 4.79 Å². The van der Waals surface area contributed by atoms with Crippen molar-refractivity contribution < 1.29 is 9.90 Å². The molecule has 0 saturated carbocycles. The van der Waals surface area contributed by atoms with Crippen molar-refractivity contribution in [2.75, 3.05) is 6.54 Å². The molecule has 0 spiro atoms. The number of aliphatic carboxylic acids is 1. The molecule has 1 heterocycles. The van der Waals surface area contributed by atoms with E-state index in [0.29, 0.717) is 18.8 Å². The predicted octanol–water partition coefficient (Wildman–Crippen LogP) is 0.435. The summed E-state index contributed by atoms with van der Waals surface area (Å²) >= 11 is 0. The minimum atomic E-state index is -0.843. The van der Waals surface area contributed by atoms with Crippen molar-refractivity contribution in [2.45, 2.75) is 25.8 Å². The Morgan fingerprint density at radius 2 is 2.46 bits per heavy atom. The zero-order valence-corrected chi connectivity index (χ0v) is 7.40. The molecule has 0 aromatic heterocycles. The van der Waals surface area contributed by atoms with Gasteiger partial charge in [0.25, 0.3) is 0 Å². The second-order valence-electron chi connectivity index (χ2n) is 2.95. The molecule has 0 radical (unpaired) electrons. The van der Waals surface area contributed by atoms with Gasteiger partial charge < -0.3 is 10.0 Å². The van der Waals surface area contributed by atoms with Gasteiger partial charge in [-0.05, 0) is 19.8 Å². The number of aliphatic imine (C=N–C) groups is 1. The zero-order valence-electron chi connectivity index (χ0n) is 7.40. The number of hydrogen-bond acceptors (Lipinski definition) is 3. The number of nitrogens with zero attached hydrogens (tertiary/aromatic N) is 3. The van der Waals surface area contributed by atoms with Crippen LogP contribution in [0.3, 0.4) is 0 Å². The van der Waals surface area contributed by atoms with Crippen LogP contribution in [0.5, 0.6) is 0 Å². The maximum Gasteiger partial charge on any atom is 0.326 e. The average molecular weight is 181 g/mol. The highest BCUT2D eigenvalue weighted by molar-refractivity contribution is 5.86. The first-order valence-electron chi connectivity index (χ1n) is 4.09. The number of nitriles is 1. The third-order valence-electron chi connectivity index (χ3n) is 2.17. The Morgan fingerprint density at radius 3 is 3.00 bits per heavy atom. The molecule has 1 atom stereocenters. The number of hydrogen-bond donors (Lipinski definition) is 1. The molecule has 1 N–H and O–H groups in total. The first-order chi connectivity index (χ1) is 6.16. The number of likely N-dealkylation sites (tertiary alicyclic amines) is 1. The molecular weight excluding hydrogens is 170 g/mol. The molecule has 1 saturated heterocycles. The number of carboxylic acids is 1. The van der Waals surface area contributed by atoms with E-state index in [4.69, 9.17) is 10.4 Å². The maximum atomic E-state index is 10.7. The third kappa shape index (κ3) is 1.96. The van der Waals surface area contributed by atoms with E-state index in [1.54, 1.807) is 18.0 Å². The highest BCUT2D eigenvalue weighted by atomic mass is 16.4. The lowest BCUT2D eigenvalue weighted by atomic mass is 10.2. The molecule has 1 aliphatic heterocycles. The van der Waals surface area contributed by atoms with Crippen molar-refractivity contribution in [1.82, 2.24) is 4.90 Å². The Labute approximate surface area is 76.3 Å². The largest absolute Gasteiger partial charge is 0.480 e. The van der Waals surface area contributed by atoms with Gasteiger partial charge in [0.2, 0.25) is 6.19 Å². The molecule has 1 rings (SSSR count). The molecule has 1 unspecified atom stereocenters. The number of carbonyl (C=O) groups is 1. The molecule has 70 valence electrons. The van der Waals surface area contributed by atoms with Crippen LogP contribution in [0.15, 0.2) is 4.99 Å². The molecule has 0 bridgehead atoms. The molecule has 0 aromatic rings. The van der Waals surface area contributed by atoms with Crippen LogP contribution in [0, 0.1) is 11.5 Å². The van der Waals surface area contributed by atoms with Gasteiger partial charge in [-0.15, -0.1) is 0 Å². The van der Waals surface area contributed by atoms with E-state index in [-0.39, 0.29) is 0 Å². The summed E-state index contributed by atoms with van der Waals surface area (Å²) in [5.74, 6) is -0.350. The summed E-state index contributed by atoms with van der Waals surface area (Å²) in [6, 6.07) is -0.503. The minimum Gasteiger partial charge on any atom is -0.480 e. The van der Waals surface area contributed by atoms with Crippen molar-refractivity contribution in [3.05, 3.63) is 0 Å². The van der Waals surface area contributed by atoms with Crippen LogP contribution in [0.4, 0.5) is 0 Å². The van der Waals surface area contributed by atoms with Crippen LogP contribution in [0.2, 0.25) is 0 Å². The van der Waals surface area contributed by atoms with Crippen LogP contribution in [0.1, 0.15) is 19.8 Å². The van der Waals surface area contributed by atoms with Crippen molar-refractivity contribution in [3.63, 3.8) is 0 Å². The first-order valence-corrected chi connectivity index (χ1v) is 4.09. The average Bonchev–Trinajstić information content (AvgIpc) is 2.52. The van der Waals surface area contributed by atoms with E-state index in [1.807, 2.05) is 0 Å². The molecule has 13 heavy (non-hydrogen) atoms. The van der Waals surface area contributed by atoms with E-state index in [0.717, 1.165) is 6.42 Å². The monoisotopic (exact) mass is 181 g/mol. The zero-order chi connectivity index (χ0) is 9.84. The third-order valence-corrected chi connectivity index (χ3v) is 2.17. The van der Waals surface area contributed by atoms with Gasteiger partial charge >= 0.3 is 5.97 Å². The smallest absolute Gasteiger partial charge is 0.326 e. The number of carboxylic acid groups (broad SMARTS) is 1. The highest BCUT2D eigenvalue weighted by Crippen LogP contribution is 2.17. The first kappa shape index (κ1) is 9.52. The highest BCUT2D eigenvalue weighted by Gasteiger charge is 2.31.